The number of carbonyl (C=O) groups excluding carboxylic acids is 2. The first-order valence-corrected chi connectivity index (χ1v) is 7.61. The molecule has 0 spiro atoms. The van der Waals surface area contributed by atoms with E-state index in [0.717, 1.165) is 11.3 Å². The van der Waals surface area contributed by atoms with Crippen LogP contribution in [-0.4, -0.2) is 22.7 Å². The molecule has 0 heterocycles. The molecule has 0 radical (unpaired) electrons. The molecule has 3 amide bonds. The minimum atomic E-state index is -0.449. The lowest BCUT2D eigenvalue weighted by atomic mass is 10.1. The van der Waals surface area contributed by atoms with Crippen molar-refractivity contribution >= 4 is 23.7 Å². The maximum atomic E-state index is 11.9. The van der Waals surface area contributed by atoms with Gasteiger partial charge in [0, 0.05) is 11.3 Å². The molecule has 1 rings (SSSR count). The summed E-state index contributed by atoms with van der Waals surface area (Å²) in [5.41, 5.74) is 0.807. The second-order valence-corrected chi connectivity index (χ2v) is 6.96. The van der Waals surface area contributed by atoms with Gasteiger partial charge < -0.3 is 5.32 Å². The molecule has 1 aromatic rings. The van der Waals surface area contributed by atoms with Crippen LogP contribution in [0.5, 0.6) is 0 Å². The fraction of sp³-hybridized carbons (Fsp3) is 0.467. The molecule has 1 aromatic carbocycles. The van der Waals surface area contributed by atoms with Crippen LogP contribution in [0.4, 0.5) is 4.79 Å². The van der Waals surface area contributed by atoms with Crippen molar-refractivity contribution in [2.24, 2.45) is 0 Å². The Hall–Kier alpha value is -1.49. The van der Waals surface area contributed by atoms with Gasteiger partial charge in [0.15, 0.2) is 0 Å². The van der Waals surface area contributed by atoms with Gasteiger partial charge in [-0.3, -0.25) is 10.1 Å². The van der Waals surface area contributed by atoms with E-state index in [2.05, 4.69) is 10.6 Å². The van der Waals surface area contributed by atoms with Gasteiger partial charge in [0.25, 0.3) is 0 Å². The highest BCUT2D eigenvalue weighted by Gasteiger charge is 2.19. The normalized spacial score (nSPS) is 12.6. The number of urea groups is 1. The van der Waals surface area contributed by atoms with Crippen LogP contribution in [0.3, 0.4) is 0 Å². The third-order valence-electron chi connectivity index (χ3n) is 2.44. The van der Waals surface area contributed by atoms with Crippen molar-refractivity contribution in [2.45, 2.75) is 44.2 Å². The second-order valence-electron chi connectivity index (χ2n) is 5.63. The van der Waals surface area contributed by atoms with Crippen LogP contribution in [0, 0.1) is 0 Å². The number of thioether (sulfide) groups is 1. The summed E-state index contributed by atoms with van der Waals surface area (Å²) >= 11 is 1.51. The summed E-state index contributed by atoms with van der Waals surface area (Å²) in [7, 11) is 0. The zero-order chi connectivity index (χ0) is 15.2. The van der Waals surface area contributed by atoms with Crippen LogP contribution in [0.15, 0.2) is 30.3 Å². The van der Waals surface area contributed by atoms with E-state index >= 15 is 0 Å². The summed E-state index contributed by atoms with van der Waals surface area (Å²) in [5, 5.41) is 4.78. The fourth-order valence-electron chi connectivity index (χ4n) is 1.46. The molecule has 0 aliphatic heterocycles. The van der Waals surface area contributed by atoms with E-state index in [-0.39, 0.29) is 16.7 Å². The number of imide groups is 1. The monoisotopic (exact) mass is 294 g/mol. The van der Waals surface area contributed by atoms with Crippen LogP contribution >= 0.6 is 11.8 Å². The molecule has 4 nitrogen and oxygen atoms in total. The Morgan fingerprint density at radius 1 is 1.20 bits per heavy atom. The van der Waals surface area contributed by atoms with Crippen LogP contribution in [0.25, 0.3) is 0 Å². The quantitative estimate of drug-likeness (QED) is 0.897. The Morgan fingerprint density at radius 2 is 1.80 bits per heavy atom. The summed E-state index contributed by atoms with van der Waals surface area (Å²) in [6, 6.07) is 9.48. The number of hydrogen-bond donors (Lipinski definition) is 2. The molecule has 0 bridgehead atoms. The largest absolute Gasteiger partial charge is 0.333 e. The Balaban J connectivity index is 2.38. The lowest BCUT2D eigenvalue weighted by Crippen LogP contribution is -2.49. The van der Waals surface area contributed by atoms with E-state index in [0.29, 0.717) is 0 Å². The maximum absolute atomic E-state index is 11.9. The zero-order valence-electron chi connectivity index (χ0n) is 12.4. The summed E-state index contributed by atoms with van der Waals surface area (Å²) in [6.07, 6.45) is 0. The minimum Gasteiger partial charge on any atom is -0.333 e. The van der Waals surface area contributed by atoms with Gasteiger partial charge in [-0.15, -0.1) is 11.8 Å². The smallest absolute Gasteiger partial charge is 0.321 e. The number of nitrogens with one attached hydrogen (secondary N) is 2. The Kier molecular flexibility index (Phi) is 6.07. The molecule has 0 fully saturated rings. The molecule has 0 aliphatic carbocycles. The van der Waals surface area contributed by atoms with Crippen molar-refractivity contribution in [3.05, 3.63) is 35.9 Å². The first-order chi connectivity index (χ1) is 9.28. The summed E-state index contributed by atoms with van der Waals surface area (Å²) in [6.45, 7) is 7.40. The molecule has 0 saturated heterocycles. The van der Waals surface area contributed by atoms with Crippen molar-refractivity contribution in [1.29, 1.82) is 0 Å². The average molecular weight is 294 g/mol. The standard InChI is InChI=1S/C15H22N2O2S/c1-11(20-10-12-8-6-5-7-9-12)13(18)16-14(19)17-15(2,3)4/h5-9,11H,10H2,1-4H3,(H2,16,17,18,19). The summed E-state index contributed by atoms with van der Waals surface area (Å²) in [5.74, 6) is 0.476. The third kappa shape index (κ3) is 6.61. The lowest BCUT2D eigenvalue weighted by molar-refractivity contribution is -0.119. The molecule has 0 aromatic heterocycles. The predicted molar refractivity (Wildman–Crippen MR) is 83.6 cm³/mol. The van der Waals surface area contributed by atoms with Gasteiger partial charge in [-0.1, -0.05) is 30.3 Å². The molecular weight excluding hydrogens is 272 g/mol. The van der Waals surface area contributed by atoms with Gasteiger partial charge in [-0.25, -0.2) is 4.79 Å². The Labute approximate surface area is 124 Å². The van der Waals surface area contributed by atoms with Crippen molar-refractivity contribution in [2.75, 3.05) is 0 Å². The fourth-order valence-corrected chi connectivity index (χ4v) is 2.30. The van der Waals surface area contributed by atoms with E-state index in [9.17, 15) is 9.59 Å². The van der Waals surface area contributed by atoms with Crippen LogP contribution in [0.1, 0.15) is 33.3 Å². The van der Waals surface area contributed by atoms with Crippen molar-refractivity contribution < 1.29 is 9.59 Å². The Bertz CT molecular complexity index is 455. The second kappa shape index (κ2) is 7.33. The van der Waals surface area contributed by atoms with Gasteiger partial charge in [0.2, 0.25) is 5.91 Å². The number of hydrogen-bond acceptors (Lipinski definition) is 3. The highest BCUT2D eigenvalue weighted by molar-refractivity contribution is 7.99. The maximum Gasteiger partial charge on any atom is 0.321 e. The predicted octanol–water partition coefficient (Wildman–Crippen LogP) is 2.93. The van der Waals surface area contributed by atoms with Crippen LogP contribution in [-0.2, 0) is 10.5 Å². The minimum absolute atomic E-state index is 0.271. The molecule has 5 heteroatoms. The van der Waals surface area contributed by atoms with Gasteiger partial charge >= 0.3 is 6.03 Å². The van der Waals surface area contributed by atoms with Gasteiger partial charge in [-0.2, -0.15) is 0 Å². The molecule has 0 saturated carbocycles. The SMILES string of the molecule is CC(SCc1ccccc1)C(=O)NC(=O)NC(C)(C)C. The molecule has 1 unspecified atom stereocenters. The third-order valence-corrected chi connectivity index (χ3v) is 3.65. The number of rotatable bonds is 4. The zero-order valence-corrected chi connectivity index (χ0v) is 13.2. The Morgan fingerprint density at radius 3 is 2.35 bits per heavy atom. The first kappa shape index (κ1) is 16.6. The van der Waals surface area contributed by atoms with E-state index < -0.39 is 6.03 Å². The van der Waals surface area contributed by atoms with Crippen LogP contribution < -0.4 is 10.6 Å². The van der Waals surface area contributed by atoms with Gasteiger partial charge in [0.05, 0.1) is 5.25 Å². The van der Waals surface area contributed by atoms with Gasteiger partial charge in [-0.05, 0) is 33.3 Å². The number of benzene rings is 1. The van der Waals surface area contributed by atoms with Crippen molar-refractivity contribution in [1.82, 2.24) is 10.6 Å². The van der Waals surface area contributed by atoms with E-state index in [4.69, 9.17) is 0 Å². The average Bonchev–Trinajstić information content (AvgIpc) is 2.34. The van der Waals surface area contributed by atoms with E-state index in [1.54, 1.807) is 6.92 Å². The van der Waals surface area contributed by atoms with Crippen LogP contribution in [0.2, 0.25) is 0 Å². The molecule has 110 valence electrons. The van der Waals surface area contributed by atoms with Crippen molar-refractivity contribution in [3.8, 4) is 0 Å². The highest BCUT2D eigenvalue weighted by atomic mass is 32.2. The van der Waals surface area contributed by atoms with E-state index in [1.807, 2.05) is 51.1 Å². The highest BCUT2D eigenvalue weighted by Crippen LogP contribution is 2.17. The first-order valence-electron chi connectivity index (χ1n) is 6.56. The number of carbonyl (C=O) groups is 2. The lowest BCUT2D eigenvalue weighted by Gasteiger charge is -2.21. The topological polar surface area (TPSA) is 58.2 Å². The molecule has 2 N–H and O–H groups in total. The number of amides is 3. The molecule has 20 heavy (non-hydrogen) atoms. The van der Waals surface area contributed by atoms with Gasteiger partial charge in [0.1, 0.15) is 0 Å². The van der Waals surface area contributed by atoms with Crippen molar-refractivity contribution in [3.63, 3.8) is 0 Å². The molecular formula is C15H22N2O2S. The summed E-state index contributed by atoms with van der Waals surface area (Å²) < 4.78 is 0. The molecule has 1 atom stereocenters. The molecule has 0 aliphatic rings. The summed E-state index contributed by atoms with van der Waals surface area (Å²) in [4.78, 5) is 23.5. The van der Waals surface area contributed by atoms with E-state index in [1.165, 1.54) is 11.8 Å².